The zero-order valence-corrected chi connectivity index (χ0v) is 13.4. The number of nitro groups is 1. The maximum absolute atomic E-state index is 12.2. The van der Waals surface area contributed by atoms with E-state index in [0.717, 1.165) is 11.8 Å². The lowest BCUT2D eigenvalue weighted by Gasteiger charge is -2.15. The first-order chi connectivity index (χ1) is 11.5. The zero-order chi connectivity index (χ0) is 17.5. The molecule has 1 aromatic heterocycles. The van der Waals surface area contributed by atoms with E-state index in [0.29, 0.717) is 6.42 Å². The molecule has 0 spiro atoms. The van der Waals surface area contributed by atoms with Gasteiger partial charge in [-0.05, 0) is 24.6 Å². The summed E-state index contributed by atoms with van der Waals surface area (Å²) in [5.74, 6) is -0.643. The third-order valence-electron chi connectivity index (χ3n) is 3.44. The number of rotatable bonds is 7. The van der Waals surface area contributed by atoms with Crippen molar-refractivity contribution in [2.45, 2.75) is 6.42 Å². The number of pyridine rings is 1. The summed E-state index contributed by atoms with van der Waals surface area (Å²) < 4.78 is 0. The molecule has 1 heterocycles. The second kappa shape index (κ2) is 8.37. The largest absolute Gasteiger partial charge is 0.396 e. The topological polar surface area (TPSA) is 105 Å². The van der Waals surface area contributed by atoms with Crippen LogP contribution in [-0.4, -0.2) is 34.1 Å². The van der Waals surface area contributed by atoms with E-state index in [9.17, 15) is 20.0 Å². The minimum atomic E-state index is -0.581. The molecule has 0 fully saturated rings. The van der Waals surface area contributed by atoms with Crippen LogP contribution in [0.3, 0.4) is 0 Å². The van der Waals surface area contributed by atoms with Crippen LogP contribution in [0, 0.1) is 16.0 Å². The third kappa shape index (κ3) is 4.74. The summed E-state index contributed by atoms with van der Waals surface area (Å²) in [5.41, 5.74) is 0.788. The number of halogens is 1. The molecule has 1 unspecified atom stereocenters. The van der Waals surface area contributed by atoms with Crippen LogP contribution >= 0.6 is 11.6 Å². The Labute approximate surface area is 143 Å². The van der Waals surface area contributed by atoms with Crippen LogP contribution in [0.1, 0.15) is 16.1 Å². The standard InChI is InChI=1S/C16H16ClN3O4/c17-15-8-13(20(23)24)4-5-14(15)16(22)19-9-11(10-21)7-12-3-1-2-6-18-12/h1-6,8,11,21H,7,9-10H2,(H,19,22). The Bertz CT molecular complexity index is 725. The summed E-state index contributed by atoms with van der Waals surface area (Å²) in [5, 5.41) is 22.8. The number of hydrogen-bond donors (Lipinski definition) is 2. The van der Waals surface area contributed by atoms with Crippen LogP contribution in [0.4, 0.5) is 5.69 Å². The van der Waals surface area contributed by atoms with Crippen molar-refractivity contribution in [2.75, 3.05) is 13.2 Å². The van der Waals surface area contributed by atoms with Gasteiger partial charge in [0.05, 0.1) is 15.5 Å². The number of aliphatic hydroxyl groups excluding tert-OH is 1. The van der Waals surface area contributed by atoms with Crippen LogP contribution in [0.2, 0.25) is 5.02 Å². The molecule has 0 aliphatic heterocycles. The maximum Gasteiger partial charge on any atom is 0.270 e. The molecule has 24 heavy (non-hydrogen) atoms. The van der Waals surface area contributed by atoms with E-state index in [4.69, 9.17) is 11.6 Å². The Balaban J connectivity index is 1.97. The van der Waals surface area contributed by atoms with Gasteiger partial charge in [-0.3, -0.25) is 19.9 Å². The highest BCUT2D eigenvalue weighted by molar-refractivity contribution is 6.34. The van der Waals surface area contributed by atoms with Crippen LogP contribution in [0.5, 0.6) is 0 Å². The smallest absolute Gasteiger partial charge is 0.270 e. The number of carbonyl (C=O) groups is 1. The first-order valence-corrected chi connectivity index (χ1v) is 7.62. The van der Waals surface area contributed by atoms with E-state index in [1.54, 1.807) is 12.3 Å². The van der Waals surface area contributed by atoms with Gasteiger partial charge in [-0.15, -0.1) is 0 Å². The van der Waals surface area contributed by atoms with Crippen LogP contribution in [0.15, 0.2) is 42.6 Å². The molecule has 2 N–H and O–H groups in total. The van der Waals surface area contributed by atoms with Gasteiger partial charge in [-0.2, -0.15) is 0 Å². The molecule has 0 radical (unpaired) electrons. The van der Waals surface area contributed by atoms with Crippen molar-refractivity contribution < 1.29 is 14.8 Å². The highest BCUT2D eigenvalue weighted by atomic mass is 35.5. The van der Waals surface area contributed by atoms with Crippen molar-refractivity contribution in [1.29, 1.82) is 0 Å². The number of nitro benzene ring substituents is 1. The van der Waals surface area contributed by atoms with Crippen molar-refractivity contribution in [1.82, 2.24) is 10.3 Å². The van der Waals surface area contributed by atoms with E-state index in [2.05, 4.69) is 10.3 Å². The van der Waals surface area contributed by atoms with Gasteiger partial charge in [0.15, 0.2) is 0 Å². The van der Waals surface area contributed by atoms with Gasteiger partial charge in [-0.1, -0.05) is 17.7 Å². The molecular formula is C16H16ClN3O4. The molecule has 2 rings (SSSR count). The fourth-order valence-electron chi connectivity index (χ4n) is 2.15. The normalized spacial score (nSPS) is 11.8. The lowest BCUT2D eigenvalue weighted by atomic mass is 10.0. The number of aliphatic hydroxyl groups is 1. The van der Waals surface area contributed by atoms with Crippen LogP contribution in [0.25, 0.3) is 0 Å². The molecule has 7 nitrogen and oxygen atoms in total. The Morgan fingerprint density at radius 3 is 2.75 bits per heavy atom. The van der Waals surface area contributed by atoms with Crippen molar-refractivity contribution >= 4 is 23.2 Å². The SMILES string of the molecule is O=C(NCC(CO)Cc1ccccn1)c1ccc([N+](=O)[O-])cc1Cl. The average molecular weight is 350 g/mol. The Morgan fingerprint density at radius 2 is 2.17 bits per heavy atom. The number of hydrogen-bond acceptors (Lipinski definition) is 5. The van der Waals surface area contributed by atoms with Gasteiger partial charge in [0.2, 0.25) is 0 Å². The van der Waals surface area contributed by atoms with Gasteiger partial charge in [0, 0.05) is 43.1 Å². The molecule has 126 valence electrons. The summed E-state index contributed by atoms with van der Waals surface area (Å²) in [6.45, 7) is 0.129. The van der Waals surface area contributed by atoms with Crippen LogP contribution < -0.4 is 5.32 Å². The van der Waals surface area contributed by atoms with E-state index in [-0.39, 0.29) is 35.3 Å². The number of non-ortho nitro benzene ring substituents is 1. The number of aromatic nitrogens is 1. The third-order valence-corrected chi connectivity index (χ3v) is 3.75. The van der Waals surface area contributed by atoms with Crippen molar-refractivity contribution in [3.8, 4) is 0 Å². The lowest BCUT2D eigenvalue weighted by Crippen LogP contribution is -2.32. The Hall–Kier alpha value is -2.51. The summed E-state index contributed by atoms with van der Waals surface area (Å²) >= 11 is 5.92. The zero-order valence-electron chi connectivity index (χ0n) is 12.7. The molecule has 0 aliphatic rings. The summed E-state index contributed by atoms with van der Waals surface area (Å²) in [6, 6.07) is 9.16. The molecular weight excluding hydrogens is 334 g/mol. The molecule has 2 aromatic rings. The van der Waals surface area contributed by atoms with Crippen LogP contribution in [-0.2, 0) is 6.42 Å². The first kappa shape index (κ1) is 17.8. The monoisotopic (exact) mass is 349 g/mol. The quantitative estimate of drug-likeness (QED) is 0.589. The highest BCUT2D eigenvalue weighted by Crippen LogP contribution is 2.22. The first-order valence-electron chi connectivity index (χ1n) is 7.24. The maximum atomic E-state index is 12.2. The average Bonchev–Trinajstić information content (AvgIpc) is 2.59. The van der Waals surface area contributed by atoms with Gasteiger partial charge in [0.1, 0.15) is 0 Å². The van der Waals surface area contributed by atoms with E-state index in [1.807, 2.05) is 12.1 Å². The van der Waals surface area contributed by atoms with Gasteiger partial charge in [-0.25, -0.2) is 0 Å². The molecule has 0 aliphatic carbocycles. The van der Waals surface area contributed by atoms with Gasteiger partial charge >= 0.3 is 0 Å². The fraction of sp³-hybridized carbons (Fsp3) is 0.250. The van der Waals surface area contributed by atoms with Gasteiger partial charge < -0.3 is 10.4 Å². The Morgan fingerprint density at radius 1 is 1.38 bits per heavy atom. The molecule has 1 atom stereocenters. The van der Waals surface area contributed by atoms with Crippen molar-refractivity contribution in [3.63, 3.8) is 0 Å². The highest BCUT2D eigenvalue weighted by Gasteiger charge is 2.16. The lowest BCUT2D eigenvalue weighted by molar-refractivity contribution is -0.384. The molecule has 1 aromatic carbocycles. The molecule has 0 saturated heterocycles. The number of benzene rings is 1. The molecule has 0 bridgehead atoms. The van der Waals surface area contributed by atoms with Crippen molar-refractivity contribution in [3.05, 3.63) is 69.0 Å². The predicted molar refractivity (Wildman–Crippen MR) is 89.0 cm³/mol. The van der Waals surface area contributed by atoms with Gasteiger partial charge in [0.25, 0.3) is 11.6 Å². The summed E-state index contributed by atoms with van der Waals surface area (Å²) in [7, 11) is 0. The molecule has 8 heteroatoms. The number of nitrogens with zero attached hydrogens (tertiary/aromatic N) is 2. The number of carbonyl (C=O) groups excluding carboxylic acids is 1. The minimum Gasteiger partial charge on any atom is -0.396 e. The fourth-order valence-corrected chi connectivity index (χ4v) is 2.41. The Kier molecular flexibility index (Phi) is 6.22. The number of nitrogens with one attached hydrogen (secondary N) is 1. The van der Waals surface area contributed by atoms with E-state index in [1.165, 1.54) is 12.1 Å². The minimum absolute atomic E-state index is 0.00646. The second-order valence-corrected chi connectivity index (χ2v) is 5.61. The number of amides is 1. The second-order valence-electron chi connectivity index (χ2n) is 5.21. The molecule has 0 saturated carbocycles. The predicted octanol–water partition coefficient (Wildman–Crippen LogP) is 2.22. The van der Waals surface area contributed by atoms with Crippen molar-refractivity contribution in [2.24, 2.45) is 5.92 Å². The van der Waals surface area contributed by atoms with E-state index < -0.39 is 10.8 Å². The molecule has 1 amide bonds. The summed E-state index contributed by atoms with van der Waals surface area (Å²) in [6.07, 6.45) is 2.19. The van der Waals surface area contributed by atoms with E-state index >= 15 is 0 Å². The summed E-state index contributed by atoms with van der Waals surface area (Å²) in [4.78, 5) is 26.4.